The molecule has 194 valence electrons. The van der Waals surface area contributed by atoms with Crippen LogP contribution >= 0.6 is 0 Å². The zero-order valence-electron chi connectivity index (χ0n) is 21.9. The van der Waals surface area contributed by atoms with Gasteiger partial charge in [0.25, 0.3) is 11.8 Å². The molecule has 0 aliphatic carbocycles. The largest absolute Gasteiger partial charge is 0.351 e. The Balaban J connectivity index is 1.50. The summed E-state index contributed by atoms with van der Waals surface area (Å²) in [6.45, 7) is 5.30. The first kappa shape index (κ1) is 29.0. The molecule has 5 nitrogen and oxygen atoms in total. The zero-order chi connectivity index (χ0) is 25.1. The monoisotopic (exact) mass is 483 g/mol. The molecule has 0 bridgehead atoms. The van der Waals surface area contributed by atoms with E-state index in [2.05, 4.69) is 31.2 Å². The molecule has 0 spiro atoms. The van der Waals surface area contributed by atoms with E-state index in [0.717, 1.165) is 19.3 Å². The Hall–Kier alpha value is -2.24. The molecule has 0 radical (unpaired) electrons. The summed E-state index contributed by atoms with van der Waals surface area (Å²) < 4.78 is 11.5. The molecule has 0 N–H and O–H groups in total. The fourth-order valence-corrected chi connectivity index (χ4v) is 4.20. The highest BCUT2D eigenvalue weighted by molar-refractivity contribution is 6.21. The van der Waals surface area contributed by atoms with E-state index in [-0.39, 0.29) is 18.4 Å². The molecular formula is C30H45NO4. The normalized spacial score (nSPS) is 14.5. The molecular weight excluding hydrogens is 438 g/mol. The number of amides is 2. The maximum atomic E-state index is 12.6. The topological polar surface area (TPSA) is 55.8 Å². The summed E-state index contributed by atoms with van der Waals surface area (Å²) in [6, 6.07) is 6.93. The van der Waals surface area contributed by atoms with Gasteiger partial charge in [0.05, 0.1) is 17.7 Å². The lowest BCUT2D eigenvalue weighted by Gasteiger charge is -2.22. The minimum absolute atomic E-state index is 0.127. The lowest BCUT2D eigenvalue weighted by atomic mass is 10.1. The molecule has 1 atom stereocenters. The van der Waals surface area contributed by atoms with Crippen LogP contribution in [0, 0.1) is 0 Å². The van der Waals surface area contributed by atoms with E-state index in [1.165, 1.54) is 62.7 Å². The summed E-state index contributed by atoms with van der Waals surface area (Å²) in [5, 5.41) is 0. The Morgan fingerprint density at radius 2 is 1.31 bits per heavy atom. The van der Waals surface area contributed by atoms with Crippen LogP contribution in [0.25, 0.3) is 0 Å². The fourth-order valence-electron chi connectivity index (χ4n) is 4.20. The van der Waals surface area contributed by atoms with Gasteiger partial charge in [-0.25, -0.2) is 0 Å². The van der Waals surface area contributed by atoms with Gasteiger partial charge in [0, 0.05) is 13.2 Å². The van der Waals surface area contributed by atoms with Crippen molar-refractivity contribution in [2.24, 2.45) is 0 Å². The predicted molar refractivity (Wildman–Crippen MR) is 143 cm³/mol. The smallest absolute Gasteiger partial charge is 0.261 e. The molecule has 0 saturated carbocycles. The summed E-state index contributed by atoms with van der Waals surface area (Å²) in [5.41, 5.74) is 0.913. The molecule has 2 amide bonds. The molecule has 1 aromatic rings. The van der Waals surface area contributed by atoms with Gasteiger partial charge in [-0.05, 0) is 57.6 Å². The van der Waals surface area contributed by atoms with Crippen molar-refractivity contribution in [2.45, 2.75) is 97.2 Å². The van der Waals surface area contributed by atoms with Crippen LogP contribution in [-0.2, 0) is 9.47 Å². The molecule has 1 aromatic carbocycles. The minimum atomic E-state index is -0.583. The van der Waals surface area contributed by atoms with Gasteiger partial charge in [-0.15, -0.1) is 0 Å². The lowest BCUT2D eigenvalue weighted by molar-refractivity contribution is -0.144. The second kappa shape index (κ2) is 18.1. The maximum Gasteiger partial charge on any atom is 0.261 e. The van der Waals surface area contributed by atoms with Crippen molar-refractivity contribution in [3.05, 3.63) is 59.7 Å². The Bertz CT molecular complexity index is 766. The summed E-state index contributed by atoms with van der Waals surface area (Å²) in [6.07, 6.45) is 23.0. The van der Waals surface area contributed by atoms with Crippen LogP contribution in [0.2, 0.25) is 0 Å². The number of allylic oxidation sites excluding steroid dienone is 4. The number of unbranched alkanes of at least 4 members (excludes halogenated alkanes) is 9. The summed E-state index contributed by atoms with van der Waals surface area (Å²) >= 11 is 0. The average Bonchev–Trinajstić information content (AvgIpc) is 3.11. The quantitative estimate of drug-likeness (QED) is 0.0835. The summed E-state index contributed by atoms with van der Waals surface area (Å²) in [7, 11) is 0. The van der Waals surface area contributed by atoms with E-state index in [0.29, 0.717) is 24.3 Å². The van der Waals surface area contributed by atoms with Crippen molar-refractivity contribution >= 4 is 11.8 Å². The summed E-state index contributed by atoms with van der Waals surface area (Å²) in [5.74, 6) is -0.541. The number of imide groups is 1. The first-order valence-electron chi connectivity index (χ1n) is 13.7. The van der Waals surface area contributed by atoms with Crippen LogP contribution < -0.4 is 0 Å². The van der Waals surface area contributed by atoms with Gasteiger partial charge in [-0.3, -0.25) is 14.5 Å². The van der Waals surface area contributed by atoms with Gasteiger partial charge in [0.15, 0.2) is 6.29 Å². The Morgan fingerprint density at radius 1 is 0.743 bits per heavy atom. The Kier molecular flexibility index (Phi) is 15.0. The van der Waals surface area contributed by atoms with Gasteiger partial charge >= 0.3 is 0 Å². The highest BCUT2D eigenvalue weighted by atomic mass is 16.7. The first-order chi connectivity index (χ1) is 17.2. The number of benzene rings is 1. The molecule has 0 saturated heterocycles. The van der Waals surface area contributed by atoms with E-state index >= 15 is 0 Å². The third kappa shape index (κ3) is 10.9. The SMILES string of the molecule is CCCCCC=CCC=CCCCCCCCCOC(CN1C(=O)c2ccccc2C1=O)OCC. The van der Waals surface area contributed by atoms with Crippen LogP contribution in [0.5, 0.6) is 0 Å². The number of fused-ring (bicyclic) bond motifs is 1. The van der Waals surface area contributed by atoms with Crippen molar-refractivity contribution in [1.29, 1.82) is 0 Å². The first-order valence-corrected chi connectivity index (χ1v) is 13.7. The van der Waals surface area contributed by atoms with E-state index < -0.39 is 6.29 Å². The van der Waals surface area contributed by atoms with Gasteiger partial charge < -0.3 is 9.47 Å². The van der Waals surface area contributed by atoms with Crippen molar-refractivity contribution in [3.63, 3.8) is 0 Å². The second-order valence-electron chi connectivity index (χ2n) is 9.11. The molecule has 0 fully saturated rings. The van der Waals surface area contributed by atoms with Gasteiger partial charge in [-0.1, -0.05) is 81.9 Å². The predicted octanol–water partition coefficient (Wildman–Crippen LogP) is 7.48. The average molecular weight is 484 g/mol. The molecule has 35 heavy (non-hydrogen) atoms. The van der Waals surface area contributed by atoms with Crippen LogP contribution in [0.1, 0.15) is 112 Å². The Labute approximate surface area is 212 Å². The molecule has 1 aliphatic rings. The molecule has 0 aromatic heterocycles. The standard InChI is InChI=1S/C30H45NO4/c1-3-5-6-7-8-9-10-11-12-13-14-15-16-17-18-21-24-35-28(34-4-2)25-31-29(32)26-22-19-20-23-27(26)30(31)33/h8-9,11-12,19-20,22-23,28H,3-7,10,13-18,21,24-25H2,1-2H3. The zero-order valence-corrected chi connectivity index (χ0v) is 21.9. The van der Waals surface area contributed by atoms with Crippen molar-refractivity contribution < 1.29 is 19.1 Å². The van der Waals surface area contributed by atoms with Crippen molar-refractivity contribution in [2.75, 3.05) is 19.8 Å². The summed E-state index contributed by atoms with van der Waals surface area (Å²) in [4.78, 5) is 26.4. The van der Waals surface area contributed by atoms with Crippen LogP contribution in [0.3, 0.4) is 0 Å². The van der Waals surface area contributed by atoms with Crippen LogP contribution in [0.15, 0.2) is 48.6 Å². The number of hydrogen-bond acceptors (Lipinski definition) is 4. The Morgan fingerprint density at radius 3 is 1.91 bits per heavy atom. The third-order valence-corrected chi connectivity index (χ3v) is 6.21. The van der Waals surface area contributed by atoms with Gasteiger partial charge in [-0.2, -0.15) is 0 Å². The number of ether oxygens (including phenoxy) is 2. The second-order valence-corrected chi connectivity index (χ2v) is 9.11. The van der Waals surface area contributed by atoms with Crippen molar-refractivity contribution in [1.82, 2.24) is 4.90 Å². The highest BCUT2D eigenvalue weighted by Crippen LogP contribution is 2.23. The maximum absolute atomic E-state index is 12.6. The molecule has 1 unspecified atom stereocenters. The minimum Gasteiger partial charge on any atom is -0.351 e. The van der Waals surface area contributed by atoms with E-state index in [1.54, 1.807) is 24.3 Å². The molecule has 1 heterocycles. The van der Waals surface area contributed by atoms with Gasteiger partial charge in [0.1, 0.15) is 0 Å². The van der Waals surface area contributed by atoms with E-state index in [4.69, 9.17) is 9.47 Å². The van der Waals surface area contributed by atoms with E-state index in [1.807, 2.05) is 6.92 Å². The lowest BCUT2D eigenvalue weighted by Crippen LogP contribution is -2.39. The fraction of sp³-hybridized carbons (Fsp3) is 0.600. The molecule has 2 rings (SSSR count). The van der Waals surface area contributed by atoms with Crippen LogP contribution in [0.4, 0.5) is 0 Å². The van der Waals surface area contributed by atoms with Gasteiger partial charge in [0.2, 0.25) is 0 Å². The number of rotatable bonds is 20. The highest BCUT2D eigenvalue weighted by Gasteiger charge is 2.36. The number of hydrogen-bond donors (Lipinski definition) is 0. The third-order valence-electron chi connectivity index (χ3n) is 6.21. The molecule has 5 heteroatoms. The number of nitrogens with zero attached hydrogens (tertiary/aromatic N) is 1. The number of carbonyl (C=O) groups is 2. The molecule has 1 aliphatic heterocycles. The van der Waals surface area contributed by atoms with Crippen LogP contribution in [-0.4, -0.2) is 42.8 Å². The van der Waals surface area contributed by atoms with E-state index in [9.17, 15) is 9.59 Å². The van der Waals surface area contributed by atoms with Crippen molar-refractivity contribution in [3.8, 4) is 0 Å². The number of carbonyl (C=O) groups excluding carboxylic acids is 2.